The largest absolute Gasteiger partial charge is 0.301 e. The monoisotopic (exact) mass is 386 g/mol. The van der Waals surface area contributed by atoms with E-state index in [1.165, 1.54) is 23.1 Å². The molecule has 7 nitrogen and oxygen atoms in total. The lowest BCUT2D eigenvalue weighted by molar-refractivity contribution is -0.113. The molecule has 26 heavy (non-hydrogen) atoms. The van der Waals surface area contributed by atoms with Crippen LogP contribution >= 0.6 is 23.1 Å². The van der Waals surface area contributed by atoms with Crippen LogP contribution in [0.25, 0.3) is 11.4 Å². The Kier molecular flexibility index (Phi) is 5.79. The van der Waals surface area contributed by atoms with Crippen molar-refractivity contribution in [3.63, 3.8) is 0 Å². The van der Waals surface area contributed by atoms with Gasteiger partial charge in [0.05, 0.1) is 11.4 Å². The van der Waals surface area contributed by atoms with Crippen molar-refractivity contribution in [1.29, 1.82) is 0 Å². The molecule has 0 aliphatic heterocycles. The normalized spacial score (nSPS) is 10.7. The maximum absolute atomic E-state index is 12.2. The predicted octanol–water partition coefficient (Wildman–Crippen LogP) is 3.33. The molecule has 0 saturated heterocycles. The molecule has 0 aliphatic carbocycles. The van der Waals surface area contributed by atoms with Gasteiger partial charge in [-0.2, -0.15) is 0 Å². The lowest BCUT2D eigenvalue weighted by Crippen LogP contribution is -2.14. The first-order chi connectivity index (χ1) is 12.6. The summed E-state index contributed by atoms with van der Waals surface area (Å²) >= 11 is 2.80. The van der Waals surface area contributed by atoms with Crippen LogP contribution in [0.3, 0.4) is 0 Å². The summed E-state index contributed by atoms with van der Waals surface area (Å²) in [5.74, 6) is 0.798. The van der Waals surface area contributed by atoms with Crippen LogP contribution in [0.4, 0.5) is 5.13 Å². The SMILES string of the molecule is C=CCn1c(SCC(=O)Nc2nc(C)c(C)s2)nnc1-c1cccnc1. The first-order valence-corrected chi connectivity index (χ1v) is 9.70. The first-order valence-electron chi connectivity index (χ1n) is 7.89. The zero-order chi connectivity index (χ0) is 18.5. The van der Waals surface area contributed by atoms with Crippen LogP contribution < -0.4 is 5.32 Å². The van der Waals surface area contributed by atoms with Crippen LogP contribution in [0, 0.1) is 13.8 Å². The summed E-state index contributed by atoms with van der Waals surface area (Å²) in [5, 5.41) is 12.6. The number of carbonyl (C=O) groups is 1. The van der Waals surface area contributed by atoms with E-state index in [1.54, 1.807) is 18.5 Å². The van der Waals surface area contributed by atoms with Gasteiger partial charge in [0.25, 0.3) is 0 Å². The summed E-state index contributed by atoms with van der Waals surface area (Å²) < 4.78 is 1.92. The molecule has 0 aromatic carbocycles. The number of rotatable bonds is 7. The molecular weight excluding hydrogens is 368 g/mol. The third kappa shape index (κ3) is 4.17. The van der Waals surface area contributed by atoms with E-state index in [0.717, 1.165) is 16.1 Å². The Bertz CT molecular complexity index is 899. The molecule has 0 unspecified atom stereocenters. The van der Waals surface area contributed by atoms with E-state index in [2.05, 4.69) is 32.1 Å². The molecule has 0 saturated carbocycles. The van der Waals surface area contributed by atoms with Gasteiger partial charge in [-0.05, 0) is 26.0 Å². The Morgan fingerprint density at radius 3 is 2.92 bits per heavy atom. The third-order valence-corrected chi connectivity index (χ3v) is 5.51. The van der Waals surface area contributed by atoms with Crippen molar-refractivity contribution < 1.29 is 4.79 Å². The van der Waals surface area contributed by atoms with E-state index in [4.69, 9.17) is 0 Å². The van der Waals surface area contributed by atoms with Crippen molar-refractivity contribution in [3.8, 4) is 11.4 Å². The highest BCUT2D eigenvalue weighted by Crippen LogP contribution is 2.25. The number of aromatic nitrogens is 5. The number of thiazole rings is 1. The van der Waals surface area contributed by atoms with E-state index in [1.807, 2.05) is 30.5 Å². The summed E-state index contributed by atoms with van der Waals surface area (Å²) in [6, 6.07) is 3.77. The number of pyridine rings is 1. The molecule has 3 aromatic heterocycles. The topological polar surface area (TPSA) is 85.6 Å². The number of carbonyl (C=O) groups excluding carboxylic acids is 1. The van der Waals surface area contributed by atoms with Crippen molar-refractivity contribution in [2.45, 2.75) is 25.5 Å². The van der Waals surface area contributed by atoms with Crippen LogP contribution in [0.5, 0.6) is 0 Å². The number of nitrogens with one attached hydrogen (secondary N) is 1. The van der Waals surface area contributed by atoms with E-state index in [0.29, 0.717) is 22.7 Å². The van der Waals surface area contributed by atoms with Gasteiger partial charge in [0.15, 0.2) is 16.1 Å². The Morgan fingerprint density at radius 1 is 1.42 bits per heavy atom. The van der Waals surface area contributed by atoms with Gasteiger partial charge in [-0.3, -0.25) is 14.3 Å². The van der Waals surface area contributed by atoms with E-state index >= 15 is 0 Å². The van der Waals surface area contributed by atoms with Gasteiger partial charge >= 0.3 is 0 Å². The highest BCUT2D eigenvalue weighted by atomic mass is 32.2. The highest BCUT2D eigenvalue weighted by molar-refractivity contribution is 7.99. The fourth-order valence-electron chi connectivity index (χ4n) is 2.21. The van der Waals surface area contributed by atoms with E-state index < -0.39 is 0 Å². The second-order valence-corrected chi connectivity index (χ2v) is 7.59. The summed E-state index contributed by atoms with van der Waals surface area (Å²) in [5.41, 5.74) is 1.80. The molecule has 0 bridgehead atoms. The summed E-state index contributed by atoms with van der Waals surface area (Å²) in [4.78, 5) is 21.7. The number of hydrogen-bond donors (Lipinski definition) is 1. The number of hydrogen-bond acceptors (Lipinski definition) is 7. The molecule has 0 aliphatic rings. The fraction of sp³-hybridized carbons (Fsp3) is 0.235. The molecular formula is C17H18N6OS2. The Morgan fingerprint density at radius 2 is 2.27 bits per heavy atom. The highest BCUT2D eigenvalue weighted by Gasteiger charge is 2.15. The van der Waals surface area contributed by atoms with Crippen LogP contribution in [-0.2, 0) is 11.3 Å². The molecule has 0 spiro atoms. The molecule has 0 radical (unpaired) electrons. The molecule has 134 valence electrons. The maximum atomic E-state index is 12.2. The average molecular weight is 387 g/mol. The number of anilines is 1. The predicted molar refractivity (Wildman–Crippen MR) is 104 cm³/mol. The Balaban J connectivity index is 1.70. The Hall–Kier alpha value is -2.52. The maximum Gasteiger partial charge on any atom is 0.236 e. The van der Waals surface area contributed by atoms with Gasteiger partial charge in [0.1, 0.15) is 0 Å². The second-order valence-electron chi connectivity index (χ2n) is 5.44. The number of aryl methyl sites for hydroxylation is 2. The van der Waals surface area contributed by atoms with Crippen molar-refractivity contribution in [1.82, 2.24) is 24.7 Å². The summed E-state index contributed by atoms with van der Waals surface area (Å²) in [6.45, 7) is 8.24. The van der Waals surface area contributed by atoms with Crippen molar-refractivity contribution in [2.75, 3.05) is 11.1 Å². The summed E-state index contributed by atoms with van der Waals surface area (Å²) in [7, 11) is 0. The zero-order valence-electron chi connectivity index (χ0n) is 14.5. The van der Waals surface area contributed by atoms with Crippen LogP contribution in [0.15, 0.2) is 42.3 Å². The van der Waals surface area contributed by atoms with Gasteiger partial charge < -0.3 is 5.32 Å². The lowest BCUT2D eigenvalue weighted by atomic mass is 10.3. The minimum absolute atomic E-state index is 0.125. The van der Waals surface area contributed by atoms with Crippen molar-refractivity contribution >= 4 is 34.1 Å². The third-order valence-electron chi connectivity index (χ3n) is 3.56. The van der Waals surface area contributed by atoms with Crippen LogP contribution in [0.2, 0.25) is 0 Å². The molecule has 3 aromatic rings. The molecule has 1 N–H and O–H groups in total. The number of nitrogens with zero attached hydrogens (tertiary/aromatic N) is 5. The van der Waals surface area contributed by atoms with Gasteiger partial charge in [0, 0.05) is 29.4 Å². The van der Waals surface area contributed by atoms with Crippen LogP contribution in [0.1, 0.15) is 10.6 Å². The van der Waals surface area contributed by atoms with Gasteiger partial charge in [-0.1, -0.05) is 17.8 Å². The molecule has 3 heterocycles. The zero-order valence-corrected chi connectivity index (χ0v) is 16.1. The first kappa shape index (κ1) is 18.3. The number of amides is 1. The minimum Gasteiger partial charge on any atom is -0.301 e. The van der Waals surface area contributed by atoms with Gasteiger partial charge in [-0.15, -0.1) is 28.1 Å². The standard InChI is InChI=1S/C17H18N6OS2/c1-4-8-23-15(13-6-5-7-18-9-13)21-22-17(23)25-10-14(24)20-16-19-11(2)12(3)26-16/h4-7,9H,1,8,10H2,2-3H3,(H,19,20,24). The Labute approximate surface area is 159 Å². The molecule has 0 fully saturated rings. The lowest BCUT2D eigenvalue weighted by Gasteiger charge is -2.07. The average Bonchev–Trinajstić information content (AvgIpc) is 3.17. The van der Waals surface area contributed by atoms with E-state index in [-0.39, 0.29) is 11.7 Å². The number of thioether (sulfide) groups is 1. The van der Waals surface area contributed by atoms with E-state index in [9.17, 15) is 4.79 Å². The fourth-order valence-corrected chi connectivity index (χ4v) is 3.79. The second kappa shape index (κ2) is 8.24. The minimum atomic E-state index is -0.125. The molecule has 0 atom stereocenters. The van der Waals surface area contributed by atoms with Gasteiger partial charge in [0.2, 0.25) is 5.91 Å². The molecule has 3 rings (SSSR count). The van der Waals surface area contributed by atoms with Crippen molar-refractivity contribution in [2.24, 2.45) is 0 Å². The van der Waals surface area contributed by atoms with Crippen molar-refractivity contribution in [3.05, 3.63) is 47.8 Å². The smallest absolute Gasteiger partial charge is 0.236 e. The number of allylic oxidation sites excluding steroid dienone is 1. The van der Waals surface area contributed by atoms with Gasteiger partial charge in [-0.25, -0.2) is 4.98 Å². The molecule has 9 heteroatoms. The quantitative estimate of drug-likeness (QED) is 0.495. The summed E-state index contributed by atoms with van der Waals surface area (Å²) in [6.07, 6.45) is 5.21. The van der Waals surface area contributed by atoms with Crippen LogP contribution in [-0.4, -0.2) is 36.4 Å². The molecule has 1 amide bonds.